The maximum Gasteiger partial charge on any atom is 1.00 e. The van der Waals surface area contributed by atoms with Crippen LogP contribution in [0, 0.1) is 11.6 Å². The monoisotopic (exact) mass is 946 g/mol. The van der Waals surface area contributed by atoms with Gasteiger partial charge in [-0.1, -0.05) is 40.2 Å². The first-order valence-electron chi connectivity index (χ1n) is 18.4. The Morgan fingerprint density at radius 3 is 1.40 bits per heavy atom. The van der Waals surface area contributed by atoms with Gasteiger partial charge in [-0.25, -0.2) is 18.4 Å². The molecule has 19 heteroatoms. The molecular weight excluding hydrogens is 901 g/mol. The number of halogens is 3. The number of carboxylic acids is 1. The number of hydrogen-bond donors (Lipinski definition) is 3. The predicted octanol–water partition coefficient (Wildman–Crippen LogP) is 4.13. The van der Waals surface area contributed by atoms with Crippen molar-refractivity contribution in [1.82, 2.24) is 19.1 Å². The Hall–Kier alpha value is -5.60. The summed E-state index contributed by atoms with van der Waals surface area (Å²) in [6.07, 6.45) is 10.0. The van der Waals surface area contributed by atoms with Gasteiger partial charge in [0.05, 0.1) is 20.3 Å². The number of aromatic nitrogens is 4. The zero-order valence-corrected chi connectivity index (χ0v) is 38.8. The number of nitrogens with zero attached hydrogens (tertiary/aromatic N) is 4. The maximum atomic E-state index is 13.4. The van der Waals surface area contributed by atoms with E-state index in [1.807, 2.05) is 12.1 Å². The number of carbonyl (C=O) groups is 4. The smallest absolute Gasteiger partial charge is 0.870 e. The van der Waals surface area contributed by atoms with Crippen molar-refractivity contribution in [3.63, 3.8) is 0 Å². The van der Waals surface area contributed by atoms with E-state index in [0.717, 1.165) is 23.8 Å². The second-order valence-electron chi connectivity index (χ2n) is 12.3. The van der Waals surface area contributed by atoms with Crippen LogP contribution in [0.4, 0.5) is 8.78 Å². The minimum Gasteiger partial charge on any atom is -0.870 e. The third kappa shape index (κ3) is 16.2. The van der Waals surface area contributed by atoms with E-state index in [1.54, 1.807) is 78.1 Å². The molecule has 15 nitrogen and oxygen atoms in total. The van der Waals surface area contributed by atoms with Crippen LogP contribution in [0.15, 0.2) is 110 Å². The fourth-order valence-electron chi connectivity index (χ4n) is 5.91. The molecule has 0 saturated heterocycles. The third-order valence-electron chi connectivity index (χ3n) is 8.35. The Morgan fingerprint density at radius 2 is 1.05 bits per heavy atom. The number of hydrogen-bond acceptors (Lipinski definition) is 12. The van der Waals surface area contributed by atoms with Gasteiger partial charge in [0, 0.05) is 92.3 Å². The number of ether oxygens (including phenoxy) is 3. The van der Waals surface area contributed by atoms with Crippen molar-refractivity contribution >= 4 is 39.8 Å². The van der Waals surface area contributed by atoms with Crippen molar-refractivity contribution in [3.8, 4) is 44.5 Å². The fraction of sp³-hybridized carbons (Fsp3) is 0.227. The number of rotatable bonds is 13. The number of esters is 3. The molecule has 4 aromatic heterocycles. The zero-order chi connectivity index (χ0) is 44.9. The molecule has 0 aliphatic heterocycles. The Morgan fingerprint density at radius 1 is 0.651 bits per heavy atom. The number of aliphatic hydroxyl groups is 2. The van der Waals surface area contributed by atoms with Crippen molar-refractivity contribution in [3.05, 3.63) is 133 Å². The van der Waals surface area contributed by atoms with Crippen LogP contribution < -0.4 is 29.6 Å². The quantitative estimate of drug-likeness (QED) is 0.0643. The zero-order valence-electron chi connectivity index (χ0n) is 35.2. The minimum atomic E-state index is -1.11. The van der Waals surface area contributed by atoms with Crippen molar-refractivity contribution < 1.29 is 92.5 Å². The summed E-state index contributed by atoms with van der Waals surface area (Å²) in [7, 11) is 2.30. The molecule has 4 heterocycles. The number of pyridine rings is 2. The summed E-state index contributed by atoms with van der Waals surface area (Å²) in [6, 6.07) is 18.8. The van der Waals surface area contributed by atoms with Gasteiger partial charge in [0.15, 0.2) is 0 Å². The van der Waals surface area contributed by atoms with Crippen molar-refractivity contribution in [1.29, 1.82) is 0 Å². The molecule has 6 aromatic rings. The molecule has 0 radical (unpaired) electrons. The Kier molecular flexibility index (Phi) is 25.4. The summed E-state index contributed by atoms with van der Waals surface area (Å²) in [5.74, 6) is -3.04. The van der Waals surface area contributed by atoms with Gasteiger partial charge in [0.1, 0.15) is 36.2 Å². The van der Waals surface area contributed by atoms with Gasteiger partial charge < -0.3 is 44.1 Å². The number of aliphatic hydroxyl groups excluding tert-OH is 2. The molecule has 4 N–H and O–H groups in total. The van der Waals surface area contributed by atoms with Crippen molar-refractivity contribution in [2.45, 2.75) is 26.9 Å². The van der Waals surface area contributed by atoms with Gasteiger partial charge in [0.2, 0.25) is 0 Å². The van der Waals surface area contributed by atoms with E-state index in [1.165, 1.54) is 49.8 Å². The Bertz CT molecular complexity index is 2330. The molecular formula is C44H46BrF2N4NaO11. The van der Waals surface area contributed by atoms with E-state index in [9.17, 15) is 38.2 Å². The van der Waals surface area contributed by atoms with Gasteiger partial charge >= 0.3 is 53.4 Å². The van der Waals surface area contributed by atoms with E-state index in [-0.39, 0.29) is 78.8 Å². The normalized spacial score (nSPS) is 9.79. The predicted molar refractivity (Wildman–Crippen MR) is 229 cm³/mol. The van der Waals surface area contributed by atoms with E-state index in [2.05, 4.69) is 30.6 Å². The Balaban J connectivity index is 0.000000519. The molecule has 0 aliphatic rings. The summed E-state index contributed by atoms with van der Waals surface area (Å²) >= 11 is 3.10. The summed E-state index contributed by atoms with van der Waals surface area (Å²) in [5, 5.41) is 26.6. The first kappa shape index (κ1) is 55.4. The number of benzene rings is 2. The SMILES string of the molecule is CC(=O)OCCBr.CO.COC(=O)c1c(-c2ccc(F)cc2)c(-c2ccncc2)cn1CCOC(C)=O.O=C(O)c1c(-c2ccc(F)cc2)c(-c2ccncc2)cn1CCO.[Na+].[OH-]. The molecule has 0 spiro atoms. The summed E-state index contributed by atoms with van der Waals surface area (Å²) in [4.78, 5) is 53.5. The van der Waals surface area contributed by atoms with E-state index in [4.69, 9.17) is 14.6 Å². The number of carbonyl (C=O) groups excluding carboxylic acids is 3. The molecule has 0 unspecified atom stereocenters. The van der Waals surface area contributed by atoms with Gasteiger partial charge in [-0.2, -0.15) is 0 Å². The van der Waals surface area contributed by atoms with Crippen LogP contribution in [-0.4, -0.2) is 103 Å². The summed E-state index contributed by atoms with van der Waals surface area (Å²) in [6.45, 7) is 3.52. The second kappa shape index (κ2) is 28.9. The van der Waals surface area contributed by atoms with Crippen molar-refractivity contribution in [2.24, 2.45) is 0 Å². The number of carboxylic acid groups (broad SMARTS) is 1. The number of aromatic carboxylic acids is 1. The molecule has 0 saturated carbocycles. The van der Waals surface area contributed by atoms with Gasteiger partial charge in [-0.05, 0) is 70.8 Å². The Labute approximate surface area is 393 Å². The molecule has 2 aromatic carbocycles. The van der Waals surface area contributed by atoms with Crippen LogP contribution >= 0.6 is 15.9 Å². The van der Waals surface area contributed by atoms with E-state index in [0.29, 0.717) is 45.4 Å². The average Bonchev–Trinajstić information content (AvgIpc) is 3.84. The van der Waals surface area contributed by atoms with Crippen LogP contribution in [0.25, 0.3) is 44.5 Å². The first-order chi connectivity index (χ1) is 29.4. The van der Waals surface area contributed by atoms with E-state index >= 15 is 0 Å². The van der Waals surface area contributed by atoms with Gasteiger partial charge in [-0.15, -0.1) is 0 Å². The van der Waals surface area contributed by atoms with Gasteiger partial charge in [0.25, 0.3) is 0 Å². The molecule has 0 amide bonds. The van der Waals surface area contributed by atoms with Crippen molar-refractivity contribution in [2.75, 3.05) is 39.4 Å². The molecule has 6 rings (SSSR count). The number of alkyl halides is 1. The van der Waals surface area contributed by atoms with Crippen LogP contribution in [0.2, 0.25) is 0 Å². The van der Waals surface area contributed by atoms with E-state index < -0.39 is 23.7 Å². The molecule has 330 valence electrons. The topological polar surface area (TPSA) is 222 Å². The molecule has 0 atom stereocenters. The standard InChI is InChI=1S/C21H19FN2O4.C18H15FN2O3.C4H7BrO2.CH4O.Na.H2O/c1-14(25)28-12-11-24-13-18(15-7-9-23-10-8-15)19(20(24)21(26)27-2)16-3-5-17(22)6-4-16;19-14-3-1-13(2-4-14)16-15(12-5-7-20-8-6-12)11-21(9-10-22)17(16)18(23)24;1-4(6)7-3-2-5;1-2;;/h3-10,13H,11-12H2,1-2H3;1-8,11,22H,9-10H2,(H,23,24);2-3H2,1H3;2H,1H3;;1H2/q;;;;+1;/p-1. The maximum absolute atomic E-state index is 13.4. The fourth-order valence-corrected chi connectivity index (χ4v) is 6.07. The number of methoxy groups -OCH3 is 1. The average molecular weight is 948 g/mol. The second-order valence-corrected chi connectivity index (χ2v) is 13.1. The first-order valence-corrected chi connectivity index (χ1v) is 19.5. The molecule has 63 heavy (non-hydrogen) atoms. The molecule has 0 fully saturated rings. The molecule has 0 aliphatic carbocycles. The van der Waals surface area contributed by atoms with Crippen LogP contribution in [0.5, 0.6) is 0 Å². The largest absolute Gasteiger partial charge is 1.00 e. The van der Waals surface area contributed by atoms with Crippen LogP contribution in [0.3, 0.4) is 0 Å². The van der Waals surface area contributed by atoms with Crippen LogP contribution in [-0.2, 0) is 36.9 Å². The summed E-state index contributed by atoms with van der Waals surface area (Å²) < 4.78 is 44.4. The van der Waals surface area contributed by atoms with Crippen LogP contribution in [0.1, 0.15) is 34.8 Å². The summed E-state index contributed by atoms with van der Waals surface area (Å²) in [5.41, 5.74) is 5.80. The van der Waals surface area contributed by atoms with Gasteiger partial charge in [-0.3, -0.25) is 19.6 Å². The minimum absolute atomic E-state index is 0. The third-order valence-corrected chi connectivity index (χ3v) is 8.67. The molecule has 0 bridgehead atoms.